The van der Waals surface area contributed by atoms with Crippen molar-refractivity contribution in [1.29, 1.82) is 5.26 Å². The number of hydrogen-bond donors (Lipinski definition) is 2. The molecule has 1 aliphatic carbocycles. The Bertz CT molecular complexity index is 2710. The fourth-order valence-electron chi connectivity index (χ4n) is 12.2. The third-order valence-corrected chi connectivity index (χ3v) is 16.0. The summed E-state index contributed by atoms with van der Waals surface area (Å²) in [7, 11) is 0. The van der Waals surface area contributed by atoms with Gasteiger partial charge in [0.05, 0.1) is 21.9 Å². The van der Waals surface area contributed by atoms with Crippen molar-refractivity contribution in [3.8, 4) is 11.8 Å². The molecule has 6 fully saturated rings. The Balaban J connectivity index is 0.655. The summed E-state index contributed by atoms with van der Waals surface area (Å²) in [5, 5.41) is 23.7. The number of imide groups is 1. The average Bonchev–Trinajstić information content (AvgIpc) is 3.87. The van der Waals surface area contributed by atoms with E-state index in [0.717, 1.165) is 74.7 Å². The lowest BCUT2D eigenvalue weighted by molar-refractivity contribution is -0.164. The number of carbonyl (C=O) groups excluding carboxylic acids is 4. The van der Waals surface area contributed by atoms with E-state index in [4.69, 9.17) is 16.3 Å². The summed E-state index contributed by atoms with van der Waals surface area (Å²) >= 11 is 6.27. The maximum absolute atomic E-state index is 13.6. The molecule has 10 rings (SSSR count). The highest BCUT2D eigenvalue weighted by Crippen LogP contribution is 2.55. The molecule has 0 spiro atoms. The molecule has 5 aliphatic heterocycles. The Labute approximate surface area is 394 Å². The Kier molecular flexibility index (Phi) is 11.5. The van der Waals surface area contributed by atoms with E-state index in [1.54, 1.807) is 30.3 Å². The number of amides is 4. The number of carbonyl (C=O) groups is 4. The molecule has 5 saturated heterocycles. The van der Waals surface area contributed by atoms with Gasteiger partial charge in [-0.1, -0.05) is 44.5 Å². The number of aromatic nitrogens is 3. The Morgan fingerprint density at radius 2 is 1.54 bits per heavy atom. The zero-order valence-electron chi connectivity index (χ0n) is 38.4. The molecule has 3 unspecified atom stereocenters. The lowest BCUT2D eigenvalue weighted by Crippen LogP contribution is -2.74. The van der Waals surface area contributed by atoms with E-state index in [2.05, 4.69) is 81.5 Å². The normalized spacial score (nSPS) is 26.1. The number of piperidine rings is 2. The van der Waals surface area contributed by atoms with Gasteiger partial charge in [-0.25, -0.2) is 0 Å². The predicted octanol–water partition coefficient (Wildman–Crippen LogP) is 4.65. The summed E-state index contributed by atoms with van der Waals surface area (Å²) in [5.74, 6) is 1.46. The minimum Gasteiger partial charge on any atom is -0.489 e. The number of nitrogens with one attached hydrogen (secondary N) is 2. The number of halogens is 1. The number of benzene rings is 3. The van der Waals surface area contributed by atoms with Crippen molar-refractivity contribution in [3.63, 3.8) is 0 Å². The number of likely N-dealkylation sites (tertiary alicyclic amines) is 2. The summed E-state index contributed by atoms with van der Waals surface area (Å²) < 4.78 is 7.47. The fourth-order valence-corrected chi connectivity index (χ4v) is 12.5. The van der Waals surface area contributed by atoms with E-state index in [9.17, 15) is 29.2 Å². The molecule has 16 nitrogen and oxygen atoms in total. The van der Waals surface area contributed by atoms with Gasteiger partial charge in [-0.2, -0.15) is 9.94 Å². The highest BCUT2D eigenvalue weighted by atomic mass is 35.5. The quantitative estimate of drug-likeness (QED) is 0.210. The van der Waals surface area contributed by atoms with Crippen molar-refractivity contribution < 1.29 is 23.9 Å². The molecule has 4 aromatic rings. The van der Waals surface area contributed by atoms with Gasteiger partial charge in [0.25, 0.3) is 17.4 Å². The fraction of sp³-hybridized carbons (Fsp3) is 0.520. The summed E-state index contributed by atoms with van der Waals surface area (Å²) in [4.78, 5) is 73.9. The van der Waals surface area contributed by atoms with E-state index >= 15 is 0 Å². The number of anilines is 2. The van der Waals surface area contributed by atoms with Gasteiger partial charge in [0.2, 0.25) is 11.8 Å². The molecular weight excluding hydrogens is 872 g/mol. The van der Waals surface area contributed by atoms with Crippen LogP contribution in [0.3, 0.4) is 0 Å². The van der Waals surface area contributed by atoms with Crippen LogP contribution in [0.25, 0.3) is 10.9 Å². The van der Waals surface area contributed by atoms with Crippen LogP contribution >= 0.6 is 11.6 Å². The molecule has 4 amide bonds. The summed E-state index contributed by atoms with van der Waals surface area (Å²) in [6.07, 6.45) is 2.15. The number of nitrogens with zero attached hydrogens (tertiary/aromatic N) is 8. The third kappa shape index (κ3) is 8.28. The first-order chi connectivity index (χ1) is 32.1. The maximum Gasteiger partial charge on any atom is 0.278 e. The molecule has 0 bridgehead atoms. The maximum atomic E-state index is 13.6. The largest absolute Gasteiger partial charge is 0.489 e. The van der Waals surface area contributed by atoms with Gasteiger partial charge >= 0.3 is 0 Å². The second-order valence-corrected chi connectivity index (χ2v) is 21.3. The van der Waals surface area contributed by atoms with Crippen LogP contribution in [-0.2, 0) is 14.4 Å². The second kappa shape index (κ2) is 17.2. The Morgan fingerprint density at radius 3 is 2.19 bits per heavy atom. The molecule has 6 aliphatic rings. The number of nitriles is 1. The van der Waals surface area contributed by atoms with Crippen LogP contribution in [0, 0.1) is 45.8 Å². The van der Waals surface area contributed by atoms with Crippen LogP contribution in [0.4, 0.5) is 11.4 Å². The predicted molar refractivity (Wildman–Crippen MR) is 252 cm³/mol. The van der Waals surface area contributed by atoms with Gasteiger partial charge in [0, 0.05) is 105 Å². The second-order valence-electron chi connectivity index (χ2n) is 20.9. The highest BCUT2D eigenvalue weighted by Gasteiger charge is 2.64. The number of rotatable bonds is 10. The van der Waals surface area contributed by atoms with E-state index in [1.807, 2.05) is 23.1 Å². The van der Waals surface area contributed by atoms with Gasteiger partial charge in [-0.3, -0.25) is 29.3 Å². The Morgan fingerprint density at radius 1 is 0.866 bits per heavy atom. The van der Waals surface area contributed by atoms with E-state index in [1.165, 1.54) is 0 Å². The van der Waals surface area contributed by atoms with Gasteiger partial charge in [-0.05, 0) is 91.6 Å². The van der Waals surface area contributed by atoms with Crippen LogP contribution in [-0.4, -0.2) is 119 Å². The number of hydrogen-bond acceptors (Lipinski definition) is 12. The zero-order chi connectivity index (χ0) is 46.9. The minimum atomic E-state index is -0.885. The van der Waals surface area contributed by atoms with Crippen molar-refractivity contribution in [2.45, 2.75) is 71.6 Å². The van der Waals surface area contributed by atoms with Gasteiger partial charge in [0.15, 0.2) is 0 Å². The molecule has 3 atom stereocenters. The smallest absolute Gasteiger partial charge is 0.278 e. The van der Waals surface area contributed by atoms with E-state index in [-0.39, 0.29) is 59.5 Å². The third-order valence-electron chi connectivity index (χ3n) is 15.7. The van der Waals surface area contributed by atoms with Crippen LogP contribution < -0.4 is 30.7 Å². The van der Waals surface area contributed by atoms with Crippen LogP contribution in [0.1, 0.15) is 75.3 Å². The molecule has 0 radical (unpaired) electrons. The molecule has 17 heteroatoms. The zero-order valence-corrected chi connectivity index (χ0v) is 39.2. The van der Waals surface area contributed by atoms with E-state index in [0.29, 0.717) is 63.6 Å². The number of ether oxygens (including phenoxy) is 1. The summed E-state index contributed by atoms with van der Waals surface area (Å²) in [5.41, 5.74) is 2.29. The van der Waals surface area contributed by atoms with Crippen molar-refractivity contribution in [3.05, 3.63) is 87.2 Å². The Hall–Kier alpha value is -6.05. The van der Waals surface area contributed by atoms with Crippen LogP contribution in [0.15, 0.2) is 65.5 Å². The summed E-state index contributed by atoms with van der Waals surface area (Å²) in [6, 6.07) is 19.6. The first-order valence-corrected chi connectivity index (χ1v) is 24.0. The minimum absolute atomic E-state index is 0.0955. The monoisotopic (exact) mass is 928 g/mol. The lowest BCUT2D eigenvalue weighted by Gasteiger charge is -2.63. The molecule has 1 aromatic heterocycles. The lowest BCUT2D eigenvalue weighted by atomic mass is 9.49. The topological polar surface area (TPSA) is 186 Å². The first kappa shape index (κ1) is 44.8. The summed E-state index contributed by atoms with van der Waals surface area (Å²) in [6.45, 7) is 16.4. The molecule has 3 aromatic carbocycles. The van der Waals surface area contributed by atoms with Gasteiger partial charge in [0.1, 0.15) is 29.5 Å². The van der Waals surface area contributed by atoms with Crippen molar-refractivity contribution >= 4 is 57.5 Å². The molecule has 6 heterocycles. The first-order valence-electron chi connectivity index (χ1n) is 23.6. The molecule has 2 N–H and O–H groups in total. The molecule has 67 heavy (non-hydrogen) atoms. The van der Waals surface area contributed by atoms with Crippen molar-refractivity contribution in [2.75, 3.05) is 68.7 Å². The SMILES string of the molecule is CC1(C)[C@H](NC(=O)c2ccc(N3CC4CN(CC5CCN(C(=O)C6CN(c7ccc8nnn(C9CCC(=O)NC9=O)c(=O)c8c7)C6)CC5)CC4C3)cc2)C(C)(C)[C@H]1Oc1ccc(C#N)c(Cl)c1. The molecule has 1 saturated carbocycles. The van der Waals surface area contributed by atoms with Crippen molar-refractivity contribution in [2.24, 2.45) is 34.5 Å². The van der Waals surface area contributed by atoms with Crippen LogP contribution in [0.5, 0.6) is 5.75 Å². The van der Waals surface area contributed by atoms with Gasteiger partial charge < -0.3 is 29.7 Å². The standard InChI is InChI=1S/C50H57ClN10O6/c1-49(2)47(50(3,4)48(49)67-37-11-7-31(21-52)39(51)20-37)54-43(63)30-5-8-35(9-6-30)59-25-32-23-57(24-33(32)26-59)22-29-15-17-58(18-16-29)45(65)34-27-60(28-34)36-10-12-40-38(19-36)46(66)61(56-55-40)41-13-14-42(62)53-44(41)64/h5-12,19-20,29,32-34,41,47-48H,13-18,22-28H2,1-4H3,(H,54,63)(H,53,62,64)/t32?,33?,41?,47-,48-. The average molecular weight is 930 g/mol. The van der Waals surface area contributed by atoms with Crippen LogP contribution in [0.2, 0.25) is 5.02 Å². The molecular formula is C50H57ClN10O6. The number of fused-ring (bicyclic) bond motifs is 2. The van der Waals surface area contributed by atoms with Gasteiger partial charge in [-0.15, -0.1) is 5.10 Å². The molecule has 350 valence electrons. The highest BCUT2D eigenvalue weighted by molar-refractivity contribution is 6.31. The van der Waals surface area contributed by atoms with Crippen molar-refractivity contribution in [1.82, 2.24) is 35.4 Å². The van der Waals surface area contributed by atoms with E-state index < -0.39 is 17.5 Å².